The van der Waals surface area contributed by atoms with Crippen molar-refractivity contribution in [3.8, 4) is 6.07 Å². The summed E-state index contributed by atoms with van der Waals surface area (Å²) < 4.78 is 0. The molecular weight excluding hydrogens is 208 g/mol. The fraction of sp³-hybridized carbons (Fsp3) is 0.933. The van der Waals surface area contributed by atoms with Crippen LogP contribution in [0.25, 0.3) is 0 Å². The predicted molar refractivity (Wildman–Crippen MR) is 74.8 cm³/mol. The lowest BCUT2D eigenvalue weighted by Gasteiger charge is -2.22. The van der Waals surface area contributed by atoms with Gasteiger partial charge in [-0.1, -0.05) is 27.7 Å². The second-order valence-electron chi connectivity index (χ2n) is 5.82. The average Bonchev–Trinajstić information content (AvgIpc) is 2.24. The minimum Gasteiger partial charge on any atom is -0.302 e. The van der Waals surface area contributed by atoms with E-state index in [1.165, 1.54) is 25.7 Å². The fourth-order valence-corrected chi connectivity index (χ4v) is 1.99. The van der Waals surface area contributed by atoms with Crippen LogP contribution >= 0.6 is 0 Å². The maximum atomic E-state index is 8.67. The summed E-state index contributed by atoms with van der Waals surface area (Å²) in [6.07, 6.45) is 5.80. The fourth-order valence-electron chi connectivity index (χ4n) is 1.99. The standard InChI is InChI=1S/C15H30N2/c1-14(2)8-5-11-17(13-7-10-16)12-6-9-15(3)4/h14-15H,5-9,11-13H2,1-4H3. The molecule has 0 saturated heterocycles. The molecule has 17 heavy (non-hydrogen) atoms. The quantitative estimate of drug-likeness (QED) is 0.573. The number of hydrogen-bond acceptors (Lipinski definition) is 2. The molecule has 0 fully saturated rings. The average molecular weight is 238 g/mol. The molecule has 0 aromatic heterocycles. The first-order valence-electron chi connectivity index (χ1n) is 7.15. The van der Waals surface area contributed by atoms with Crippen molar-refractivity contribution >= 4 is 0 Å². The molecule has 0 bridgehead atoms. The Bertz CT molecular complexity index is 189. The maximum absolute atomic E-state index is 8.67. The Hall–Kier alpha value is -0.550. The van der Waals surface area contributed by atoms with Crippen molar-refractivity contribution in [1.82, 2.24) is 4.90 Å². The van der Waals surface area contributed by atoms with Crippen molar-refractivity contribution < 1.29 is 0 Å². The van der Waals surface area contributed by atoms with Gasteiger partial charge in [-0.2, -0.15) is 5.26 Å². The van der Waals surface area contributed by atoms with E-state index in [0.29, 0.717) is 6.42 Å². The van der Waals surface area contributed by atoms with Crippen molar-refractivity contribution in [2.24, 2.45) is 11.8 Å². The van der Waals surface area contributed by atoms with Crippen LogP contribution in [0.2, 0.25) is 0 Å². The smallest absolute Gasteiger partial charge is 0.0635 e. The normalized spacial score (nSPS) is 11.4. The Labute approximate surface area is 108 Å². The minimum absolute atomic E-state index is 0.670. The largest absolute Gasteiger partial charge is 0.302 e. The molecule has 2 heteroatoms. The van der Waals surface area contributed by atoms with Gasteiger partial charge in [0.25, 0.3) is 0 Å². The summed E-state index contributed by atoms with van der Waals surface area (Å²) in [6, 6.07) is 2.25. The zero-order valence-electron chi connectivity index (χ0n) is 12.2. The molecule has 0 spiro atoms. The van der Waals surface area contributed by atoms with Gasteiger partial charge in [-0.3, -0.25) is 0 Å². The van der Waals surface area contributed by atoms with E-state index in [2.05, 4.69) is 38.7 Å². The van der Waals surface area contributed by atoms with Crippen LogP contribution in [0.4, 0.5) is 0 Å². The monoisotopic (exact) mass is 238 g/mol. The van der Waals surface area contributed by atoms with Crippen LogP contribution in [0.15, 0.2) is 0 Å². The molecule has 0 N–H and O–H groups in total. The highest BCUT2D eigenvalue weighted by Gasteiger charge is 2.05. The highest BCUT2D eigenvalue weighted by atomic mass is 15.1. The van der Waals surface area contributed by atoms with E-state index < -0.39 is 0 Å². The molecule has 0 heterocycles. The molecule has 0 amide bonds. The van der Waals surface area contributed by atoms with E-state index in [9.17, 15) is 0 Å². The Morgan fingerprint density at radius 1 is 0.882 bits per heavy atom. The maximum Gasteiger partial charge on any atom is 0.0635 e. The summed E-state index contributed by atoms with van der Waals surface area (Å²) in [6.45, 7) is 12.4. The first-order valence-corrected chi connectivity index (χ1v) is 7.15. The molecular formula is C15H30N2. The van der Waals surface area contributed by atoms with Crippen LogP contribution in [-0.2, 0) is 0 Å². The van der Waals surface area contributed by atoms with Gasteiger partial charge in [-0.25, -0.2) is 0 Å². The van der Waals surface area contributed by atoms with Gasteiger partial charge in [0.1, 0.15) is 0 Å². The van der Waals surface area contributed by atoms with Gasteiger partial charge in [-0.05, 0) is 50.6 Å². The van der Waals surface area contributed by atoms with Gasteiger partial charge in [0.2, 0.25) is 0 Å². The van der Waals surface area contributed by atoms with Crippen LogP contribution in [0.1, 0.15) is 59.8 Å². The molecule has 0 rings (SSSR count). The lowest BCUT2D eigenvalue weighted by Crippen LogP contribution is -2.27. The van der Waals surface area contributed by atoms with Gasteiger partial charge in [0, 0.05) is 13.0 Å². The van der Waals surface area contributed by atoms with Gasteiger partial charge >= 0.3 is 0 Å². The third-order valence-electron chi connectivity index (χ3n) is 3.05. The molecule has 0 aliphatic carbocycles. The van der Waals surface area contributed by atoms with Crippen molar-refractivity contribution in [1.29, 1.82) is 5.26 Å². The van der Waals surface area contributed by atoms with E-state index >= 15 is 0 Å². The van der Waals surface area contributed by atoms with Gasteiger partial charge in [-0.15, -0.1) is 0 Å². The van der Waals surface area contributed by atoms with Crippen LogP contribution in [-0.4, -0.2) is 24.5 Å². The molecule has 0 radical (unpaired) electrons. The molecule has 0 aliphatic rings. The van der Waals surface area contributed by atoms with E-state index in [1.54, 1.807) is 0 Å². The third-order valence-corrected chi connectivity index (χ3v) is 3.05. The number of rotatable bonds is 10. The van der Waals surface area contributed by atoms with E-state index in [-0.39, 0.29) is 0 Å². The van der Waals surface area contributed by atoms with Gasteiger partial charge in [0.05, 0.1) is 6.07 Å². The SMILES string of the molecule is CC(C)CCCN(CCC#N)CCCC(C)C. The number of hydrogen-bond donors (Lipinski definition) is 0. The zero-order valence-corrected chi connectivity index (χ0v) is 12.2. The summed E-state index contributed by atoms with van der Waals surface area (Å²) in [4.78, 5) is 2.47. The molecule has 0 aliphatic heterocycles. The predicted octanol–water partition coefficient (Wildman–Crippen LogP) is 4.07. The second-order valence-corrected chi connectivity index (χ2v) is 5.82. The van der Waals surface area contributed by atoms with Crippen molar-refractivity contribution in [3.05, 3.63) is 0 Å². The molecule has 100 valence electrons. The van der Waals surface area contributed by atoms with Crippen molar-refractivity contribution in [3.63, 3.8) is 0 Å². The lowest BCUT2D eigenvalue weighted by molar-refractivity contribution is 0.258. The van der Waals surface area contributed by atoms with Crippen LogP contribution in [0, 0.1) is 23.2 Å². The summed E-state index contributed by atoms with van der Waals surface area (Å²) in [5.41, 5.74) is 0. The Morgan fingerprint density at radius 2 is 1.35 bits per heavy atom. The Kier molecular flexibility index (Phi) is 10.3. The topological polar surface area (TPSA) is 27.0 Å². The summed E-state index contributed by atoms with van der Waals surface area (Å²) in [7, 11) is 0. The molecule has 0 saturated carbocycles. The summed E-state index contributed by atoms with van der Waals surface area (Å²) >= 11 is 0. The first kappa shape index (κ1) is 16.4. The van der Waals surface area contributed by atoms with Crippen LogP contribution in [0.3, 0.4) is 0 Å². The number of nitriles is 1. The lowest BCUT2D eigenvalue weighted by atomic mass is 10.1. The second kappa shape index (κ2) is 10.6. The first-order chi connectivity index (χ1) is 8.06. The minimum atomic E-state index is 0.670. The van der Waals surface area contributed by atoms with Gasteiger partial charge in [0.15, 0.2) is 0 Å². The van der Waals surface area contributed by atoms with E-state index in [0.717, 1.165) is 31.5 Å². The molecule has 0 atom stereocenters. The van der Waals surface area contributed by atoms with E-state index in [1.807, 2.05) is 0 Å². The van der Waals surface area contributed by atoms with Crippen molar-refractivity contribution in [2.45, 2.75) is 59.8 Å². The van der Waals surface area contributed by atoms with Crippen LogP contribution in [0.5, 0.6) is 0 Å². The molecule has 0 aromatic carbocycles. The molecule has 0 aromatic rings. The highest BCUT2D eigenvalue weighted by Crippen LogP contribution is 2.08. The zero-order chi connectivity index (χ0) is 13.1. The van der Waals surface area contributed by atoms with Crippen LogP contribution < -0.4 is 0 Å². The Morgan fingerprint density at radius 3 is 1.71 bits per heavy atom. The summed E-state index contributed by atoms with van der Waals surface area (Å²) in [5.74, 6) is 1.59. The number of nitrogens with zero attached hydrogens (tertiary/aromatic N) is 2. The Balaban J connectivity index is 3.76. The highest BCUT2D eigenvalue weighted by molar-refractivity contribution is 4.72. The summed E-state index contributed by atoms with van der Waals surface area (Å²) in [5, 5.41) is 8.67. The molecule has 2 nitrogen and oxygen atoms in total. The van der Waals surface area contributed by atoms with Gasteiger partial charge < -0.3 is 4.90 Å². The van der Waals surface area contributed by atoms with Crippen molar-refractivity contribution in [2.75, 3.05) is 19.6 Å². The van der Waals surface area contributed by atoms with E-state index in [4.69, 9.17) is 5.26 Å². The molecule has 0 unspecified atom stereocenters. The third kappa shape index (κ3) is 11.7.